The van der Waals surface area contributed by atoms with E-state index in [1.165, 1.54) is 0 Å². The van der Waals surface area contributed by atoms with E-state index in [9.17, 15) is 4.79 Å². The molecule has 1 aliphatic rings. The van der Waals surface area contributed by atoms with Gasteiger partial charge in [0.1, 0.15) is 12.4 Å². The van der Waals surface area contributed by atoms with Gasteiger partial charge in [-0.1, -0.05) is 66.7 Å². The average Bonchev–Trinajstić information content (AvgIpc) is 2.83. The van der Waals surface area contributed by atoms with Crippen LogP contribution in [0.4, 0.5) is 10.6 Å². The van der Waals surface area contributed by atoms with Gasteiger partial charge in [-0.3, -0.25) is 4.98 Å². The van der Waals surface area contributed by atoms with E-state index in [0.717, 1.165) is 35.6 Å². The first kappa shape index (κ1) is 19.6. The number of aromatic nitrogens is 2. The lowest BCUT2D eigenvalue weighted by molar-refractivity contribution is 0.0941. The first-order valence-electron chi connectivity index (χ1n) is 10.0. The van der Waals surface area contributed by atoms with Crippen molar-refractivity contribution >= 4 is 24.1 Å². The number of carbonyl (C=O) groups excluding carboxylic acids is 1. The Kier molecular flexibility index (Phi) is 6.35. The van der Waals surface area contributed by atoms with Gasteiger partial charge in [-0.15, -0.1) is 0 Å². The zero-order valence-electron chi connectivity index (χ0n) is 16.7. The summed E-state index contributed by atoms with van der Waals surface area (Å²) in [6.45, 7) is 2.93. The maximum Gasteiger partial charge on any atom is 0.410 e. The van der Waals surface area contributed by atoms with E-state index in [4.69, 9.17) is 4.74 Å². The molecule has 1 aliphatic heterocycles. The van der Waals surface area contributed by atoms with Gasteiger partial charge >= 0.3 is 6.09 Å². The summed E-state index contributed by atoms with van der Waals surface area (Å²) in [6, 6.07) is 18.2. The largest absolute Gasteiger partial charge is 0.445 e. The van der Waals surface area contributed by atoms with E-state index < -0.39 is 0 Å². The number of benzene rings is 2. The van der Waals surface area contributed by atoms with Crippen molar-refractivity contribution in [2.75, 3.05) is 31.1 Å². The van der Waals surface area contributed by atoms with Crippen molar-refractivity contribution in [2.24, 2.45) is 0 Å². The number of ether oxygens (including phenoxy) is 1. The molecule has 3 aromatic rings. The third-order valence-corrected chi connectivity index (χ3v) is 5.02. The van der Waals surface area contributed by atoms with Gasteiger partial charge in [0.25, 0.3) is 0 Å². The number of hydrogen-bond donors (Lipinski definition) is 0. The third kappa shape index (κ3) is 5.23. The Labute approximate surface area is 176 Å². The minimum atomic E-state index is -0.276. The SMILES string of the molecule is O=C(OCc1ccc(/C=C/c2ccccc2)cc1)N1CCN(c2cnccn2)CC1. The van der Waals surface area contributed by atoms with Gasteiger partial charge in [0.2, 0.25) is 0 Å². The summed E-state index contributed by atoms with van der Waals surface area (Å²) in [5, 5.41) is 0. The Bertz CT molecular complexity index is 967. The van der Waals surface area contributed by atoms with Gasteiger partial charge < -0.3 is 14.5 Å². The van der Waals surface area contributed by atoms with E-state index in [-0.39, 0.29) is 12.7 Å². The molecule has 0 spiro atoms. The van der Waals surface area contributed by atoms with Crippen LogP contribution >= 0.6 is 0 Å². The standard InChI is InChI=1S/C24H24N4O2/c29-24(28-16-14-27(15-17-28)23-18-25-12-13-26-23)30-19-22-10-8-21(9-11-22)7-6-20-4-2-1-3-5-20/h1-13,18H,14-17,19H2/b7-6+. The molecule has 0 radical (unpaired) electrons. The lowest BCUT2D eigenvalue weighted by Crippen LogP contribution is -2.49. The highest BCUT2D eigenvalue weighted by atomic mass is 16.6. The van der Waals surface area contributed by atoms with E-state index in [1.54, 1.807) is 23.5 Å². The van der Waals surface area contributed by atoms with Gasteiger partial charge in [-0.2, -0.15) is 0 Å². The summed E-state index contributed by atoms with van der Waals surface area (Å²) in [6.07, 6.45) is 8.95. The second-order valence-electron chi connectivity index (χ2n) is 7.08. The Morgan fingerprint density at radius 1 is 0.900 bits per heavy atom. The molecule has 0 N–H and O–H groups in total. The van der Waals surface area contributed by atoms with Crippen LogP contribution in [0.15, 0.2) is 73.2 Å². The Morgan fingerprint density at radius 3 is 2.27 bits per heavy atom. The van der Waals surface area contributed by atoms with Gasteiger partial charge in [0.05, 0.1) is 6.20 Å². The molecule has 2 aromatic carbocycles. The van der Waals surface area contributed by atoms with Crippen LogP contribution in [0.1, 0.15) is 16.7 Å². The lowest BCUT2D eigenvalue weighted by atomic mass is 10.1. The second kappa shape index (κ2) is 9.69. The molecule has 0 unspecified atom stereocenters. The maximum atomic E-state index is 12.4. The lowest BCUT2D eigenvalue weighted by Gasteiger charge is -2.34. The molecule has 1 amide bonds. The first-order chi connectivity index (χ1) is 14.8. The van der Waals surface area contributed by atoms with Crippen molar-refractivity contribution in [2.45, 2.75) is 6.61 Å². The van der Waals surface area contributed by atoms with Crippen molar-refractivity contribution < 1.29 is 9.53 Å². The molecule has 152 valence electrons. The van der Waals surface area contributed by atoms with Gasteiger partial charge in [-0.25, -0.2) is 9.78 Å². The van der Waals surface area contributed by atoms with Crippen molar-refractivity contribution in [1.82, 2.24) is 14.9 Å². The minimum Gasteiger partial charge on any atom is -0.445 e. The van der Waals surface area contributed by atoms with Gasteiger partial charge in [0.15, 0.2) is 0 Å². The summed E-state index contributed by atoms with van der Waals surface area (Å²) < 4.78 is 5.50. The Balaban J connectivity index is 1.24. The summed E-state index contributed by atoms with van der Waals surface area (Å²) in [7, 11) is 0. The van der Waals surface area contributed by atoms with E-state index in [1.807, 2.05) is 42.5 Å². The number of nitrogens with zero attached hydrogens (tertiary/aromatic N) is 4. The number of hydrogen-bond acceptors (Lipinski definition) is 5. The van der Waals surface area contributed by atoms with E-state index >= 15 is 0 Å². The highest BCUT2D eigenvalue weighted by molar-refractivity contribution is 5.70. The third-order valence-electron chi connectivity index (χ3n) is 5.02. The second-order valence-corrected chi connectivity index (χ2v) is 7.08. The molecule has 1 saturated heterocycles. The number of amides is 1. The average molecular weight is 400 g/mol. The monoisotopic (exact) mass is 400 g/mol. The molecule has 1 aromatic heterocycles. The van der Waals surface area contributed by atoms with Crippen LogP contribution in [-0.2, 0) is 11.3 Å². The van der Waals surface area contributed by atoms with Crippen molar-refractivity contribution in [1.29, 1.82) is 0 Å². The fraction of sp³-hybridized carbons (Fsp3) is 0.208. The highest BCUT2D eigenvalue weighted by Crippen LogP contribution is 2.14. The molecule has 1 fully saturated rings. The zero-order chi connectivity index (χ0) is 20.6. The molecule has 0 aliphatic carbocycles. The van der Waals surface area contributed by atoms with Crippen LogP contribution in [-0.4, -0.2) is 47.1 Å². The van der Waals surface area contributed by atoms with Crippen LogP contribution in [0.5, 0.6) is 0 Å². The van der Waals surface area contributed by atoms with Gasteiger partial charge in [-0.05, 0) is 16.7 Å². The van der Waals surface area contributed by atoms with Gasteiger partial charge in [0, 0.05) is 38.6 Å². The van der Waals surface area contributed by atoms with Crippen molar-refractivity contribution in [3.05, 3.63) is 89.9 Å². The summed E-state index contributed by atoms with van der Waals surface area (Å²) in [4.78, 5) is 24.7. The molecule has 0 atom stereocenters. The van der Waals surface area contributed by atoms with Crippen molar-refractivity contribution in [3.63, 3.8) is 0 Å². The van der Waals surface area contributed by atoms with Crippen molar-refractivity contribution in [3.8, 4) is 0 Å². The molecule has 0 bridgehead atoms. The summed E-state index contributed by atoms with van der Waals surface area (Å²) in [5.41, 5.74) is 3.24. The fourth-order valence-electron chi connectivity index (χ4n) is 3.29. The quantitative estimate of drug-likeness (QED) is 0.604. The summed E-state index contributed by atoms with van der Waals surface area (Å²) >= 11 is 0. The predicted octanol–water partition coefficient (Wildman–Crippen LogP) is 4.11. The maximum absolute atomic E-state index is 12.4. The topological polar surface area (TPSA) is 58.6 Å². The molecule has 6 nitrogen and oxygen atoms in total. The molecule has 2 heterocycles. The van der Waals surface area contributed by atoms with Crippen LogP contribution < -0.4 is 4.90 Å². The van der Waals surface area contributed by atoms with E-state index in [2.05, 4.69) is 39.2 Å². The van der Waals surface area contributed by atoms with E-state index in [0.29, 0.717) is 13.1 Å². The normalized spacial score (nSPS) is 14.1. The number of carbonyl (C=O) groups is 1. The van der Waals surface area contributed by atoms with Crippen LogP contribution in [0.2, 0.25) is 0 Å². The molecule has 0 saturated carbocycles. The molecular formula is C24H24N4O2. The fourth-order valence-corrected chi connectivity index (χ4v) is 3.29. The Morgan fingerprint density at radius 2 is 1.60 bits per heavy atom. The zero-order valence-corrected chi connectivity index (χ0v) is 16.7. The molecular weight excluding hydrogens is 376 g/mol. The predicted molar refractivity (Wildman–Crippen MR) is 118 cm³/mol. The smallest absolute Gasteiger partial charge is 0.410 e. The molecule has 30 heavy (non-hydrogen) atoms. The Hall–Kier alpha value is -3.67. The number of anilines is 1. The van der Waals surface area contributed by atoms with Crippen LogP contribution in [0.3, 0.4) is 0 Å². The minimum absolute atomic E-state index is 0.270. The summed E-state index contributed by atoms with van der Waals surface area (Å²) in [5.74, 6) is 0.840. The first-order valence-corrected chi connectivity index (χ1v) is 10.0. The highest BCUT2D eigenvalue weighted by Gasteiger charge is 2.22. The molecule has 6 heteroatoms. The number of rotatable bonds is 5. The molecule has 4 rings (SSSR count). The number of piperazine rings is 1. The van der Waals surface area contributed by atoms with Crippen LogP contribution in [0, 0.1) is 0 Å². The van der Waals surface area contributed by atoms with Crippen LogP contribution in [0.25, 0.3) is 12.2 Å².